The summed E-state index contributed by atoms with van der Waals surface area (Å²) in [4.78, 5) is 35.0. The monoisotopic (exact) mass is 447 g/mol. The number of halogens is 3. The van der Waals surface area contributed by atoms with Gasteiger partial charge in [0.25, 0.3) is 0 Å². The number of fused-ring (bicyclic) bond motifs is 1. The van der Waals surface area contributed by atoms with Crippen molar-refractivity contribution in [1.82, 2.24) is 14.8 Å². The smallest absolute Gasteiger partial charge is 0.323 e. The number of amides is 2. The van der Waals surface area contributed by atoms with Crippen molar-refractivity contribution in [3.63, 3.8) is 0 Å². The van der Waals surface area contributed by atoms with E-state index in [9.17, 15) is 22.8 Å². The third-order valence-corrected chi connectivity index (χ3v) is 5.92. The van der Waals surface area contributed by atoms with Crippen LogP contribution < -0.4 is 10.2 Å². The number of benzene rings is 1. The number of aromatic nitrogens is 1. The lowest BCUT2D eigenvalue weighted by Gasteiger charge is -2.39. The van der Waals surface area contributed by atoms with Crippen LogP contribution in [0, 0.1) is 0 Å². The third kappa shape index (κ3) is 4.76. The fourth-order valence-corrected chi connectivity index (χ4v) is 4.10. The number of hydrogen-bond acceptors (Lipinski definition) is 5. The molecular formula is C22H24F3N5O2. The first kappa shape index (κ1) is 22.2. The predicted molar refractivity (Wildman–Crippen MR) is 113 cm³/mol. The van der Waals surface area contributed by atoms with E-state index in [2.05, 4.69) is 15.2 Å². The minimum atomic E-state index is -4.53. The fraction of sp³-hybridized carbons (Fsp3) is 0.409. The molecule has 2 aliphatic rings. The summed E-state index contributed by atoms with van der Waals surface area (Å²) < 4.78 is 39.1. The Balaban J connectivity index is 1.43. The van der Waals surface area contributed by atoms with Crippen molar-refractivity contribution in [2.45, 2.75) is 25.7 Å². The fourth-order valence-electron chi connectivity index (χ4n) is 4.10. The van der Waals surface area contributed by atoms with Gasteiger partial charge in [-0.05, 0) is 42.8 Å². The molecule has 7 nitrogen and oxygen atoms in total. The van der Waals surface area contributed by atoms with Gasteiger partial charge in [-0.1, -0.05) is 0 Å². The number of alkyl halides is 3. The molecule has 2 aliphatic heterocycles. The Morgan fingerprint density at radius 3 is 2.47 bits per heavy atom. The van der Waals surface area contributed by atoms with Gasteiger partial charge in [0.05, 0.1) is 23.0 Å². The molecule has 1 saturated heterocycles. The number of rotatable bonds is 4. The molecule has 2 aromatic rings. The molecule has 32 heavy (non-hydrogen) atoms. The summed E-state index contributed by atoms with van der Waals surface area (Å²) in [5.74, 6) is -0.817. The van der Waals surface area contributed by atoms with E-state index in [1.54, 1.807) is 19.3 Å². The van der Waals surface area contributed by atoms with E-state index in [1.807, 2.05) is 17.0 Å². The Morgan fingerprint density at radius 1 is 1.12 bits per heavy atom. The molecule has 10 heteroatoms. The lowest BCUT2D eigenvalue weighted by atomic mass is 10.1. The summed E-state index contributed by atoms with van der Waals surface area (Å²) in [6.45, 7) is 5.29. The van der Waals surface area contributed by atoms with Gasteiger partial charge in [0, 0.05) is 45.1 Å². The van der Waals surface area contributed by atoms with Crippen LogP contribution >= 0.6 is 0 Å². The molecule has 1 N–H and O–H groups in total. The SMILES string of the molecule is CC(C(=O)N1CC(=O)Nc2cc(C(F)(F)F)ccc21)N1CCN(Cc2ccncc2)CC1. The standard InChI is InChI=1S/C22H24F3N5O2/c1-15(29-10-8-28(9-11-29)13-16-4-6-26-7-5-16)21(32)30-14-20(31)27-18-12-17(22(23,24)25)2-3-19(18)30/h2-7,12,15H,8-11,13-14H2,1H3,(H,27,31). The van der Waals surface area contributed by atoms with Crippen LogP contribution in [0.2, 0.25) is 0 Å². The van der Waals surface area contributed by atoms with Crippen LogP contribution in [-0.4, -0.2) is 65.4 Å². The average molecular weight is 447 g/mol. The molecule has 1 aromatic heterocycles. The Morgan fingerprint density at radius 2 is 1.81 bits per heavy atom. The number of carbonyl (C=O) groups excluding carboxylic acids is 2. The molecule has 170 valence electrons. The number of pyridine rings is 1. The van der Waals surface area contributed by atoms with Gasteiger partial charge in [-0.25, -0.2) is 0 Å². The molecule has 1 unspecified atom stereocenters. The highest BCUT2D eigenvalue weighted by molar-refractivity contribution is 6.11. The molecule has 1 atom stereocenters. The van der Waals surface area contributed by atoms with Gasteiger partial charge in [-0.15, -0.1) is 0 Å². The summed E-state index contributed by atoms with van der Waals surface area (Å²) in [7, 11) is 0. The minimum absolute atomic E-state index is 0.00112. The highest BCUT2D eigenvalue weighted by atomic mass is 19.4. The summed E-state index contributed by atoms with van der Waals surface area (Å²) >= 11 is 0. The molecule has 2 amide bonds. The number of carbonyl (C=O) groups is 2. The van der Waals surface area contributed by atoms with E-state index in [1.165, 1.54) is 16.5 Å². The zero-order valence-electron chi connectivity index (χ0n) is 17.6. The van der Waals surface area contributed by atoms with E-state index in [-0.39, 0.29) is 23.8 Å². The van der Waals surface area contributed by atoms with E-state index in [4.69, 9.17) is 0 Å². The number of hydrogen-bond donors (Lipinski definition) is 1. The van der Waals surface area contributed by atoms with Crippen LogP contribution in [0.15, 0.2) is 42.7 Å². The molecule has 4 rings (SSSR count). The molecule has 1 fully saturated rings. The Bertz CT molecular complexity index is 991. The molecule has 0 bridgehead atoms. The second kappa shape index (κ2) is 8.87. The van der Waals surface area contributed by atoms with Crippen molar-refractivity contribution in [2.75, 3.05) is 42.9 Å². The summed E-state index contributed by atoms with van der Waals surface area (Å²) in [6, 6.07) is 6.49. The van der Waals surface area contributed by atoms with Gasteiger partial charge in [0.15, 0.2) is 0 Å². The van der Waals surface area contributed by atoms with E-state index in [0.29, 0.717) is 13.1 Å². The zero-order valence-corrected chi connectivity index (χ0v) is 17.6. The maximum absolute atomic E-state index is 13.2. The number of piperazine rings is 1. The predicted octanol–water partition coefficient (Wildman–Crippen LogP) is 2.59. The van der Waals surface area contributed by atoms with Gasteiger partial charge in [-0.3, -0.25) is 29.3 Å². The number of anilines is 2. The van der Waals surface area contributed by atoms with Crippen molar-refractivity contribution in [3.05, 3.63) is 53.9 Å². The molecule has 1 aromatic carbocycles. The van der Waals surface area contributed by atoms with Crippen molar-refractivity contribution >= 4 is 23.2 Å². The molecule has 0 spiro atoms. The van der Waals surface area contributed by atoms with E-state index < -0.39 is 23.7 Å². The molecule has 0 radical (unpaired) electrons. The third-order valence-electron chi connectivity index (χ3n) is 5.92. The Hall–Kier alpha value is -2.98. The zero-order chi connectivity index (χ0) is 22.9. The Kier molecular flexibility index (Phi) is 6.16. The lowest BCUT2D eigenvalue weighted by Crippen LogP contribution is -2.56. The molecule has 3 heterocycles. The van der Waals surface area contributed by atoms with Crippen LogP contribution in [0.1, 0.15) is 18.1 Å². The molecule has 0 saturated carbocycles. The average Bonchev–Trinajstić information content (AvgIpc) is 2.77. The normalized spacial score (nSPS) is 18.8. The molecule has 0 aliphatic carbocycles. The van der Waals surface area contributed by atoms with Crippen LogP contribution in [0.5, 0.6) is 0 Å². The maximum atomic E-state index is 13.2. The van der Waals surface area contributed by atoms with E-state index >= 15 is 0 Å². The summed E-state index contributed by atoms with van der Waals surface area (Å²) in [5.41, 5.74) is 0.584. The minimum Gasteiger partial charge on any atom is -0.323 e. The van der Waals surface area contributed by atoms with Crippen molar-refractivity contribution in [3.8, 4) is 0 Å². The van der Waals surface area contributed by atoms with Gasteiger partial charge in [0.1, 0.15) is 6.54 Å². The first-order valence-corrected chi connectivity index (χ1v) is 10.4. The van der Waals surface area contributed by atoms with Gasteiger partial charge in [0.2, 0.25) is 11.8 Å². The summed E-state index contributed by atoms with van der Waals surface area (Å²) in [5, 5.41) is 2.45. The van der Waals surface area contributed by atoms with E-state index in [0.717, 1.165) is 31.8 Å². The van der Waals surface area contributed by atoms with Crippen LogP contribution in [0.3, 0.4) is 0 Å². The van der Waals surface area contributed by atoms with Gasteiger partial charge >= 0.3 is 6.18 Å². The lowest BCUT2D eigenvalue weighted by molar-refractivity contribution is -0.137. The second-order valence-corrected chi connectivity index (χ2v) is 8.05. The van der Waals surface area contributed by atoms with Crippen LogP contribution in [0.4, 0.5) is 24.5 Å². The first-order valence-electron chi connectivity index (χ1n) is 10.4. The number of nitrogens with one attached hydrogen (secondary N) is 1. The van der Waals surface area contributed by atoms with Crippen LogP contribution in [-0.2, 0) is 22.3 Å². The first-order chi connectivity index (χ1) is 15.2. The quantitative estimate of drug-likeness (QED) is 0.781. The van der Waals surface area contributed by atoms with Crippen molar-refractivity contribution < 1.29 is 22.8 Å². The van der Waals surface area contributed by atoms with Crippen molar-refractivity contribution in [2.24, 2.45) is 0 Å². The molecular weight excluding hydrogens is 423 g/mol. The van der Waals surface area contributed by atoms with Crippen molar-refractivity contribution in [1.29, 1.82) is 0 Å². The maximum Gasteiger partial charge on any atom is 0.416 e. The topological polar surface area (TPSA) is 68.8 Å². The Labute approximate surface area is 183 Å². The van der Waals surface area contributed by atoms with Crippen LogP contribution in [0.25, 0.3) is 0 Å². The second-order valence-electron chi connectivity index (χ2n) is 8.05. The highest BCUT2D eigenvalue weighted by Crippen LogP contribution is 2.37. The van der Waals surface area contributed by atoms with Gasteiger partial charge in [-0.2, -0.15) is 13.2 Å². The largest absolute Gasteiger partial charge is 0.416 e. The highest BCUT2D eigenvalue weighted by Gasteiger charge is 2.36. The number of nitrogens with zero attached hydrogens (tertiary/aromatic N) is 4. The van der Waals surface area contributed by atoms with Gasteiger partial charge < -0.3 is 5.32 Å². The summed E-state index contributed by atoms with van der Waals surface area (Å²) in [6.07, 6.45) is -1.01.